The highest BCUT2D eigenvalue weighted by atomic mass is 16.5. The fourth-order valence-corrected chi connectivity index (χ4v) is 2.57. The van der Waals surface area contributed by atoms with Crippen LogP contribution in [0.15, 0.2) is 18.2 Å². The summed E-state index contributed by atoms with van der Waals surface area (Å²) in [6.07, 6.45) is 0.778. The second-order valence-corrected chi connectivity index (χ2v) is 6.70. The summed E-state index contributed by atoms with van der Waals surface area (Å²) in [5, 5.41) is 11.6. The standard InChI is InChI=1S/C17H23NO5/c1-10(2)14(16(20)21)18-13(19)9-22-12-7-5-6-11-8-17(3,4)23-15(11)12/h5-7,10,14H,8-9H2,1-4H3,(H,18,19)(H,20,21)/t14-/m0/s1. The quantitative estimate of drug-likeness (QED) is 0.837. The Labute approximate surface area is 135 Å². The average Bonchev–Trinajstić information content (AvgIpc) is 2.76. The third-order valence-electron chi connectivity index (χ3n) is 3.66. The minimum atomic E-state index is -1.06. The Hall–Kier alpha value is -2.24. The van der Waals surface area contributed by atoms with Crippen molar-refractivity contribution in [2.24, 2.45) is 5.92 Å². The molecule has 2 N–H and O–H groups in total. The van der Waals surface area contributed by atoms with Crippen LogP contribution in [0, 0.1) is 5.92 Å². The molecule has 0 aromatic heterocycles. The lowest BCUT2D eigenvalue weighted by Crippen LogP contribution is -2.46. The minimum Gasteiger partial charge on any atom is -0.483 e. The molecule has 0 unspecified atom stereocenters. The molecule has 1 aliphatic rings. The lowest BCUT2D eigenvalue weighted by molar-refractivity contribution is -0.143. The highest BCUT2D eigenvalue weighted by Crippen LogP contribution is 2.41. The number of para-hydroxylation sites is 1. The highest BCUT2D eigenvalue weighted by Gasteiger charge is 2.32. The summed E-state index contributed by atoms with van der Waals surface area (Å²) < 4.78 is 11.4. The lowest BCUT2D eigenvalue weighted by atomic mass is 10.0. The minimum absolute atomic E-state index is 0.207. The second-order valence-electron chi connectivity index (χ2n) is 6.70. The van der Waals surface area contributed by atoms with E-state index in [0.29, 0.717) is 11.5 Å². The largest absolute Gasteiger partial charge is 0.483 e. The van der Waals surface area contributed by atoms with Crippen molar-refractivity contribution in [2.75, 3.05) is 6.61 Å². The lowest BCUT2D eigenvalue weighted by Gasteiger charge is -2.19. The van der Waals surface area contributed by atoms with Gasteiger partial charge in [-0.05, 0) is 25.8 Å². The maximum Gasteiger partial charge on any atom is 0.326 e. The molecule has 1 amide bonds. The summed E-state index contributed by atoms with van der Waals surface area (Å²) >= 11 is 0. The van der Waals surface area contributed by atoms with E-state index in [9.17, 15) is 9.59 Å². The molecule has 1 atom stereocenters. The van der Waals surface area contributed by atoms with Crippen LogP contribution in [0.1, 0.15) is 33.3 Å². The zero-order chi connectivity index (χ0) is 17.2. The van der Waals surface area contributed by atoms with Crippen LogP contribution in [0.5, 0.6) is 11.5 Å². The average molecular weight is 321 g/mol. The van der Waals surface area contributed by atoms with E-state index in [1.54, 1.807) is 19.9 Å². The molecule has 0 saturated carbocycles. The van der Waals surface area contributed by atoms with Crippen molar-refractivity contribution >= 4 is 11.9 Å². The summed E-state index contributed by atoms with van der Waals surface area (Å²) in [7, 11) is 0. The molecule has 0 bridgehead atoms. The number of nitrogens with one attached hydrogen (secondary N) is 1. The van der Waals surface area contributed by atoms with Crippen molar-refractivity contribution in [3.05, 3.63) is 23.8 Å². The molecule has 0 spiro atoms. The summed E-state index contributed by atoms with van der Waals surface area (Å²) in [5.74, 6) is -0.579. The summed E-state index contributed by atoms with van der Waals surface area (Å²) in [4.78, 5) is 23.0. The second kappa shape index (κ2) is 6.48. The van der Waals surface area contributed by atoms with Crippen LogP contribution in [0.3, 0.4) is 0 Å². The highest BCUT2D eigenvalue weighted by molar-refractivity contribution is 5.84. The van der Waals surface area contributed by atoms with Gasteiger partial charge in [0.1, 0.15) is 11.6 Å². The third-order valence-corrected chi connectivity index (χ3v) is 3.66. The summed E-state index contributed by atoms with van der Waals surface area (Å²) in [6, 6.07) is 4.63. The Morgan fingerprint density at radius 1 is 1.39 bits per heavy atom. The predicted molar refractivity (Wildman–Crippen MR) is 84.8 cm³/mol. The van der Waals surface area contributed by atoms with Gasteiger partial charge in [0.05, 0.1) is 0 Å². The number of hydrogen-bond acceptors (Lipinski definition) is 4. The summed E-state index contributed by atoms with van der Waals surface area (Å²) in [6.45, 7) is 7.20. The molecule has 0 aliphatic carbocycles. The van der Waals surface area contributed by atoms with Crippen molar-refractivity contribution in [3.8, 4) is 11.5 Å². The topological polar surface area (TPSA) is 84.9 Å². The molecule has 1 aromatic carbocycles. The first-order valence-electron chi connectivity index (χ1n) is 7.65. The van der Waals surface area contributed by atoms with Crippen molar-refractivity contribution < 1.29 is 24.2 Å². The van der Waals surface area contributed by atoms with Crippen LogP contribution in [0.2, 0.25) is 0 Å². The van der Waals surface area contributed by atoms with Gasteiger partial charge in [-0.25, -0.2) is 4.79 Å². The first-order chi connectivity index (χ1) is 10.7. The van der Waals surface area contributed by atoms with Crippen LogP contribution in [0.25, 0.3) is 0 Å². The third kappa shape index (κ3) is 4.15. The molecular weight excluding hydrogens is 298 g/mol. The molecule has 23 heavy (non-hydrogen) atoms. The van der Waals surface area contributed by atoms with E-state index in [1.165, 1.54) is 0 Å². The summed E-state index contributed by atoms with van der Waals surface area (Å²) in [5.41, 5.74) is 0.745. The van der Waals surface area contributed by atoms with E-state index in [4.69, 9.17) is 14.6 Å². The van der Waals surface area contributed by atoms with Gasteiger partial charge in [-0.15, -0.1) is 0 Å². The van der Waals surface area contributed by atoms with Crippen LogP contribution in [-0.2, 0) is 16.0 Å². The smallest absolute Gasteiger partial charge is 0.326 e. The van der Waals surface area contributed by atoms with Gasteiger partial charge in [0, 0.05) is 12.0 Å². The first-order valence-corrected chi connectivity index (χ1v) is 7.65. The van der Waals surface area contributed by atoms with Gasteiger partial charge in [0.2, 0.25) is 0 Å². The molecule has 6 nitrogen and oxygen atoms in total. The molecule has 126 valence electrons. The molecule has 0 radical (unpaired) electrons. The fraction of sp³-hybridized carbons (Fsp3) is 0.529. The van der Waals surface area contributed by atoms with E-state index < -0.39 is 17.9 Å². The normalized spacial score (nSPS) is 16.4. The molecule has 2 rings (SSSR count). The number of carboxylic acid groups (broad SMARTS) is 1. The van der Waals surface area contributed by atoms with Crippen molar-refractivity contribution in [1.29, 1.82) is 0 Å². The van der Waals surface area contributed by atoms with Gasteiger partial charge in [-0.3, -0.25) is 4.79 Å². The van der Waals surface area contributed by atoms with Gasteiger partial charge in [-0.2, -0.15) is 0 Å². The molecule has 6 heteroatoms. The van der Waals surface area contributed by atoms with Crippen LogP contribution >= 0.6 is 0 Å². The number of hydrogen-bond donors (Lipinski definition) is 2. The van der Waals surface area contributed by atoms with E-state index in [0.717, 1.165) is 12.0 Å². The Balaban J connectivity index is 1.99. The molecule has 1 heterocycles. The predicted octanol–water partition coefficient (Wildman–Crippen LogP) is 2.00. The number of carbonyl (C=O) groups is 2. The Morgan fingerprint density at radius 2 is 2.09 bits per heavy atom. The first kappa shape index (κ1) is 17.1. The van der Waals surface area contributed by atoms with Gasteiger partial charge in [-0.1, -0.05) is 26.0 Å². The Morgan fingerprint density at radius 3 is 2.70 bits per heavy atom. The van der Waals surface area contributed by atoms with E-state index >= 15 is 0 Å². The van der Waals surface area contributed by atoms with Gasteiger partial charge in [0.15, 0.2) is 18.1 Å². The van der Waals surface area contributed by atoms with Crippen LogP contribution in [-0.4, -0.2) is 35.2 Å². The molecule has 0 fully saturated rings. The van der Waals surface area contributed by atoms with Crippen LogP contribution in [0.4, 0.5) is 0 Å². The SMILES string of the molecule is CC(C)[C@H](NC(=O)COc1cccc2c1OC(C)(C)C2)C(=O)O. The number of carboxylic acids is 1. The zero-order valence-electron chi connectivity index (χ0n) is 13.9. The maximum atomic E-state index is 11.9. The fourth-order valence-electron chi connectivity index (χ4n) is 2.57. The van der Waals surface area contributed by atoms with Crippen molar-refractivity contribution in [2.45, 2.75) is 45.8 Å². The van der Waals surface area contributed by atoms with Gasteiger partial charge < -0.3 is 19.9 Å². The van der Waals surface area contributed by atoms with Crippen molar-refractivity contribution in [1.82, 2.24) is 5.32 Å². The molecular formula is C17H23NO5. The van der Waals surface area contributed by atoms with E-state index in [2.05, 4.69) is 5.32 Å². The number of aliphatic carboxylic acids is 1. The monoisotopic (exact) mass is 321 g/mol. The van der Waals surface area contributed by atoms with Crippen LogP contribution < -0.4 is 14.8 Å². The molecule has 0 saturated heterocycles. The molecule has 1 aliphatic heterocycles. The number of ether oxygens (including phenoxy) is 2. The number of benzene rings is 1. The number of rotatable bonds is 6. The number of carbonyl (C=O) groups excluding carboxylic acids is 1. The zero-order valence-corrected chi connectivity index (χ0v) is 13.9. The number of fused-ring (bicyclic) bond motifs is 1. The van der Waals surface area contributed by atoms with Crippen molar-refractivity contribution in [3.63, 3.8) is 0 Å². The van der Waals surface area contributed by atoms with E-state index in [1.807, 2.05) is 26.0 Å². The Kier molecular flexibility index (Phi) is 4.82. The van der Waals surface area contributed by atoms with Gasteiger partial charge in [0.25, 0.3) is 5.91 Å². The van der Waals surface area contributed by atoms with Gasteiger partial charge >= 0.3 is 5.97 Å². The number of amides is 1. The molecule has 1 aromatic rings. The Bertz CT molecular complexity index is 609. The maximum absolute atomic E-state index is 11.9. The van der Waals surface area contributed by atoms with E-state index in [-0.39, 0.29) is 18.1 Å².